The van der Waals surface area contributed by atoms with Gasteiger partial charge in [-0.25, -0.2) is 0 Å². The minimum Gasteiger partial charge on any atom is -0.324 e. The molecule has 88 valence electrons. The normalized spacial score (nSPS) is 13.6. The molecule has 0 saturated carbocycles. The van der Waals surface area contributed by atoms with Gasteiger partial charge in [0.05, 0.1) is 0 Å². The Labute approximate surface area is 104 Å². The Bertz CT molecular complexity index is 412. The van der Waals surface area contributed by atoms with Gasteiger partial charge in [-0.3, -0.25) is 0 Å². The third-order valence-corrected chi connectivity index (χ3v) is 2.46. The van der Waals surface area contributed by atoms with E-state index in [1.807, 2.05) is 36.4 Å². The Morgan fingerprint density at radius 2 is 1.88 bits per heavy atom. The largest absolute Gasteiger partial charge is 0.324 e. The van der Waals surface area contributed by atoms with Crippen molar-refractivity contribution in [2.45, 2.75) is 12.5 Å². The fourth-order valence-corrected chi connectivity index (χ4v) is 1.60. The van der Waals surface area contributed by atoms with Crippen LogP contribution in [0, 0.1) is 0 Å². The number of nitrogens with two attached hydrogens (primary N) is 1. The molecule has 0 aliphatic carbocycles. The number of hydrogen-bond acceptors (Lipinski definition) is 1. The Hall–Kier alpha value is -1.86. The zero-order valence-corrected chi connectivity index (χ0v) is 10.0. The Kier molecular flexibility index (Phi) is 5.76. The average molecular weight is 225 g/mol. The first-order valence-electron chi connectivity index (χ1n) is 5.69. The van der Waals surface area contributed by atoms with Gasteiger partial charge in [-0.2, -0.15) is 0 Å². The molecule has 0 amide bonds. The highest BCUT2D eigenvalue weighted by atomic mass is 14.6. The van der Waals surface area contributed by atoms with Gasteiger partial charge < -0.3 is 5.73 Å². The summed E-state index contributed by atoms with van der Waals surface area (Å²) >= 11 is 0. The topological polar surface area (TPSA) is 26.0 Å². The predicted octanol–water partition coefficient (Wildman–Crippen LogP) is 3.41. The van der Waals surface area contributed by atoms with Crippen LogP contribution in [0.15, 0.2) is 79.4 Å². The first-order valence-corrected chi connectivity index (χ1v) is 5.69. The molecular formula is C16H19N. The number of hydrogen-bond donors (Lipinski definition) is 1. The van der Waals surface area contributed by atoms with Crippen molar-refractivity contribution in [2.75, 3.05) is 0 Å². The van der Waals surface area contributed by atoms with E-state index >= 15 is 0 Å². The molecule has 1 nitrogen and oxygen atoms in total. The van der Waals surface area contributed by atoms with Crippen LogP contribution in [0.5, 0.6) is 0 Å². The molecule has 1 aromatic rings. The van der Waals surface area contributed by atoms with Crippen LogP contribution in [0.25, 0.3) is 0 Å². The van der Waals surface area contributed by atoms with Crippen LogP contribution in [0.3, 0.4) is 0 Å². The summed E-state index contributed by atoms with van der Waals surface area (Å²) in [5, 5.41) is 0. The molecule has 17 heavy (non-hydrogen) atoms. The summed E-state index contributed by atoms with van der Waals surface area (Å²) in [5.74, 6) is 0. The molecule has 0 aromatic heterocycles. The highest BCUT2D eigenvalue weighted by molar-refractivity contribution is 5.31. The van der Waals surface area contributed by atoms with E-state index in [9.17, 15) is 0 Å². The maximum absolute atomic E-state index is 6.18. The highest BCUT2D eigenvalue weighted by Gasteiger charge is 2.06. The quantitative estimate of drug-likeness (QED) is 0.738. The molecule has 0 radical (unpaired) electrons. The molecule has 0 aliphatic heterocycles. The van der Waals surface area contributed by atoms with Crippen LogP contribution in [-0.4, -0.2) is 6.04 Å². The second-order valence-electron chi connectivity index (χ2n) is 3.79. The van der Waals surface area contributed by atoms with Gasteiger partial charge in [-0.15, -0.1) is 0 Å². The van der Waals surface area contributed by atoms with Crippen LogP contribution in [-0.2, 0) is 6.42 Å². The maximum atomic E-state index is 6.18. The molecule has 0 spiro atoms. The monoisotopic (exact) mass is 225 g/mol. The Balaban J connectivity index is 2.75. The molecule has 0 aliphatic rings. The number of rotatable bonds is 6. The molecule has 1 unspecified atom stereocenters. The van der Waals surface area contributed by atoms with Crippen molar-refractivity contribution in [3.63, 3.8) is 0 Å². The lowest BCUT2D eigenvalue weighted by Gasteiger charge is -2.12. The van der Waals surface area contributed by atoms with Crippen LogP contribution in [0.4, 0.5) is 0 Å². The van der Waals surface area contributed by atoms with E-state index in [1.165, 1.54) is 5.56 Å². The van der Waals surface area contributed by atoms with Crippen molar-refractivity contribution in [1.82, 2.24) is 0 Å². The summed E-state index contributed by atoms with van der Waals surface area (Å²) in [7, 11) is 0. The van der Waals surface area contributed by atoms with Gasteiger partial charge in [0, 0.05) is 6.04 Å². The van der Waals surface area contributed by atoms with E-state index in [0.717, 1.165) is 12.0 Å². The smallest absolute Gasteiger partial charge is 0.0335 e. The summed E-state index contributed by atoms with van der Waals surface area (Å²) in [4.78, 5) is 0. The summed E-state index contributed by atoms with van der Waals surface area (Å²) in [5.41, 5.74) is 8.47. The fraction of sp³-hybridized carbons (Fsp3) is 0.125. The molecular weight excluding hydrogens is 206 g/mol. The zero-order valence-electron chi connectivity index (χ0n) is 10.0. The SMILES string of the molecule is C=C/C=C\C(=C/C=C)C(N)Cc1ccccc1. The van der Waals surface area contributed by atoms with Gasteiger partial charge in [0.1, 0.15) is 0 Å². The van der Waals surface area contributed by atoms with Crippen LogP contribution < -0.4 is 5.73 Å². The summed E-state index contributed by atoms with van der Waals surface area (Å²) in [6.07, 6.45) is 10.1. The van der Waals surface area contributed by atoms with Crippen molar-refractivity contribution in [3.8, 4) is 0 Å². The van der Waals surface area contributed by atoms with Crippen molar-refractivity contribution in [1.29, 1.82) is 0 Å². The highest BCUT2D eigenvalue weighted by Crippen LogP contribution is 2.10. The van der Waals surface area contributed by atoms with Crippen LogP contribution in [0.1, 0.15) is 5.56 Å². The molecule has 1 aromatic carbocycles. The molecule has 1 rings (SSSR count). The lowest BCUT2D eigenvalue weighted by molar-refractivity contribution is 0.780. The standard InChI is InChI=1S/C16H19N/c1-3-5-12-15(9-4-2)16(17)13-14-10-7-6-8-11-14/h3-12,16H,1-2,13,17H2/b12-5-,15-9+. The lowest BCUT2D eigenvalue weighted by atomic mass is 9.99. The molecule has 0 heterocycles. The maximum Gasteiger partial charge on any atom is 0.0335 e. The Morgan fingerprint density at radius 3 is 2.47 bits per heavy atom. The molecule has 0 bridgehead atoms. The van der Waals surface area contributed by atoms with Gasteiger partial charge >= 0.3 is 0 Å². The number of benzene rings is 1. The predicted molar refractivity (Wildman–Crippen MR) is 75.7 cm³/mol. The van der Waals surface area contributed by atoms with E-state index in [-0.39, 0.29) is 6.04 Å². The van der Waals surface area contributed by atoms with Gasteiger partial charge in [0.15, 0.2) is 0 Å². The second-order valence-corrected chi connectivity index (χ2v) is 3.79. The average Bonchev–Trinajstić information content (AvgIpc) is 2.35. The molecule has 1 heteroatoms. The van der Waals surface area contributed by atoms with E-state index < -0.39 is 0 Å². The summed E-state index contributed by atoms with van der Waals surface area (Å²) in [6.45, 7) is 7.36. The minimum absolute atomic E-state index is 0.0217. The summed E-state index contributed by atoms with van der Waals surface area (Å²) < 4.78 is 0. The first kappa shape index (κ1) is 13.2. The van der Waals surface area contributed by atoms with E-state index in [0.29, 0.717) is 0 Å². The van der Waals surface area contributed by atoms with Crippen LogP contribution in [0.2, 0.25) is 0 Å². The van der Waals surface area contributed by atoms with Gasteiger partial charge in [-0.05, 0) is 17.6 Å². The minimum atomic E-state index is -0.0217. The van der Waals surface area contributed by atoms with Crippen molar-refractivity contribution in [2.24, 2.45) is 5.73 Å². The van der Waals surface area contributed by atoms with Gasteiger partial charge in [-0.1, -0.05) is 73.9 Å². The number of allylic oxidation sites excluding steroid dienone is 4. The third kappa shape index (κ3) is 4.66. The van der Waals surface area contributed by atoms with E-state index in [2.05, 4.69) is 25.3 Å². The van der Waals surface area contributed by atoms with Gasteiger partial charge in [0.2, 0.25) is 0 Å². The Morgan fingerprint density at radius 1 is 1.18 bits per heavy atom. The molecule has 1 atom stereocenters. The van der Waals surface area contributed by atoms with Crippen molar-refractivity contribution >= 4 is 0 Å². The third-order valence-electron chi connectivity index (χ3n) is 2.46. The second kappa shape index (κ2) is 7.42. The fourth-order valence-electron chi connectivity index (χ4n) is 1.60. The van der Waals surface area contributed by atoms with Crippen molar-refractivity contribution in [3.05, 3.63) is 85.0 Å². The van der Waals surface area contributed by atoms with Crippen LogP contribution >= 0.6 is 0 Å². The zero-order chi connectivity index (χ0) is 12.5. The van der Waals surface area contributed by atoms with E-state index in [4.69, 9.17) is 5.73 Å². The van der Waals surface area contributed by atoms with Gasteiger partial charge in [0.25, 0.3) is 0 Å². The van der Waals surface area contributed by atoms with E-state index in [1.54, 1.807) is 12.2 Å². The molecule has 0 saturated heterocycles. The first-order chi connectivity index (χ1) is 8.27. The lowest BCUT2D eigenvalue weighted by Crippen LogP contribution is -2.24. The summed E-state index contributed by atoms with van der Waals surface area (Å²) in [6, 6.07) is 10.2. The van der Waals surface area contributed by atoms with Crippen molar-refractivity contribution < 1.29 is 0 Å². The molecule has 0 fully saturated rings. The molecule has 2 N–H and O–H groups in total.